The minimum Gasteiger partial charge on any atom is -0.467 e. The third kappa shape index (κ3) is 9.50. The van der Waals surface area contributed by atoms with Gasteiger partial charge in [0.15, 0.2) is 11.8 Å². The maximum Gasteiger partial charge on any atom is 0.332 e. The Bertz CT molecular complexity index is 1710. The van der Waals surface area contributed by atoms with Gasteiger partial charge < -0.3 is 14.3 Å². The quantitative estimate of drug-likeness (QED) is 0.136. The summed E-state index contributed by atoms with van der Waals surface area (Å²) in [6, 6.07) is 22.3. The number of hydroxylamine groups is 2. The van der Waals surface area contributed by atoms with Crippen LogP contribution in [0.1, 0.15) is 34.6 Å². The van der Waals surface area contributed by atoms with Crippen LogP contribution < -0.4 is 9.74 Å². The second-order valence-corrected chi connectivity index (χ2v) is 10.5. The van der Waals surface area contributed by atoms with Crippen molar-refractivity contribution in [2.24, 2.45) is 0 Å². The first-order chi connectivity index (χ1) is 22.4. The topological polar surface area (TPSA) is 102 Å². The fraction of sp³-hybridized carbons (Fsp3) is 0.176. The van der Waals surface area contributed by atoms with E-state index in [0.29, 0.717) is 16.8 Å². The van der Waals surface area contributed by atoms with Crippen molar-refractivity contribution in [1.82, 2.24) is 5.06 Å². The first-order valence-electron chi connectivity index (χ1n) is 13.9. The molecule has 1 unspecified atom stereocenters. The molecule has 0 saturated carbocycles. The van der Waals surface area contributed by atoms with Crippen molar-refractivity contribution in [2.75, 3.05) is 19.1 Å². The number of methoxy groups -OCH3 is 2. The summed E-state index contributed by atoms with van der Waals surface area (Å²) in [6.07, 6.45) is 0. The molecule has 0 fully saturated rings. The molecular formula is C34H30Cl2F2N2O7. The molecule has 0 N–H and O–H groups in total. The highest BCUT2D eigenvalue weighted by Crippen LogP contribution is 2.27. The van der Waals surface area contributed by atoms with Gasteiger partial charge >= 0.3 is 11.9 Å². The van der Waals surface area contributed by atoms with Gasteiger partial charge in [-0.25, -0.2) is 18.4 Å². The number of ether oxygens (including phenoxy) is 2. The minimum absolute atomic E-state index is 0.112. The molecule has 0 saturated heterocycles. The average Bonchev–Trinajstić information content (AvgIpc) is 3.09. The van der Waals surface area contributed by atoms with Gasteiger partial charge in [-0.3, -0.25) is 14.5 Å². The van der Waals surface area contributed by atoms with E-state index in [1.807, 2.05) is 0 Å². The van der Waals surface area contributed by atoms with Crippen molar-refractivity contribution in [3.05, 3.63) is 130 Å². The lowest BCUT2D eigenvalue weighted by Crippen LogP contribution is -2.46. The molecule has 0 aromatic heterocycles. The van der Waals surface area contributed by atoms with Crippen molar-refractivity contribution in [3.8, 4) is 5.75 Å². The van der Waals surface area contributed by atoms with E-state index in [1.165, 1.54) is 57.2 Å². The zero-order chi connectivity index (χ0) is 34.7. The Morgan fingerprint density at radius 2 is 1.11 bits per heavy atom. The number of nitrogens with zero attached hydrogens (tertiary/aromatic N) is 2. The zero-order valence-electron chi connectivity index (χ0n) is 25.7. The first kappa shape index (κ1) is 36.5. The minimum atomic E-state index is -1.02. The van der Waals surface area contributed by atoms with Crippen molar-refractivity contribution in [3.63, 3.8) is 0 Å². The molecule has 0 heterocycles. The molecule has 0 spiro atoms. The Balaban J connectivity index is 0.000000256. The lowest BCUT2D eigenvalue weighted by Gasteiger charge is -2.28. The summed E-state index contributed by atoms with van der Waals surface area (Å²) in [5.74, 6) is -3.32. The van der Waals surface area contributed by atoms with Gasteiger partial charge in [0.2, 0.25) is 0 Å². The zero-order valence-corrected chi connectivity index (χ0v) is 27.2. The molecule has 13 heteroatoms. The van der Waals surface area contributed by atoms with Crippen molar-refractivity contribution in [1.29, 1.82) is 0 Å². The molecule has 0 radical (unpaired) electrons. The summed E-state index contributed by atoms with van der Waals surface area (Å²) in [5, 5.41) is 0.570. The molecule has 0 bridgehead atoms. The third-order valence-corrected chi connectivity index (χ3v) is 7.14. The smallest absolute Gasteiger partial charge is 0.332 e. The van der Waals surface area contributed by atoms with Crippen molar-refractivity contribution < 1.29 is 42.3 Å². The Morgan fingerprint density at radius 1 is 0.638 bits per heavy atom. The van der Waals surface area contributed by atoms with Crippen LogP contribution in [0.5, 0.6) is 5.75 Å². The van der Waals surface area contributed by atoms with Gasteiger partial charge in [-0.15, -0.1) is 0 Å². The van der Waals surface area contributed by atoms with Gasteiger partial charge in [-0.2, -0.15) is 5.06 Å². The van der Waals surface area contributed by atoms with Crippen LogP contribution in [0.4, 0.5) is 14.5 Å². The predicted molar refractivity (Wildman–Crippen MR) is 172 cm³/mol. The van der Waals surface area contributed by atoms with Gasteiger partial charge in [-0.05, 0) is 68.4 Å². The number of hydrogen-bond acceptors (Lipinski definition) is 7. The standard InChI is InChI=1S/C17H15ClFNO4.C17H15ClFNO3/c1-11(17(22)23-2)20(16(21)12-6-4-3-5-7-12)24-13-8-9-15(19)14(18)10-13;1-11(17(22)23-2)20(13-8-9-15(19)14(18)10-13)16(21)12-6-4-3-5-7-12/h3-11H,1-2H3;3-11H,1-2H3/t11-;/m0./s1. The van der Waals surface area contributed by atoms with E-state index < -0.39 is 47.5 Å². The van der Waals surface area contributed by atoms with E-state index in [9.17, 15) is 28.0 Å². The SMILES string of the molecule is COC(=O)C(C)N(C(=O)c1ccccc1)c1ccc(F)c(Cl)c1.COC(=O)[C@H](C)N(Oc1ccc(F)c(Cl)c1)C(=O)c1ccccc1. The summed E-state index contributed by atoms with van der Waals surface area (Å²) in [6.45, 7) is 2.99. The van der Waals surface area contributed by atoms with Gasteiger partial charge in [0.25, 0.3) is 11.8 Å². The van der Waals surface area contributed by atoms with E-state index in [-0.39, 0.29) is 15.8 Å². The number of carbonyl (C=O) groups is 4. The van der Waals surface area contributed by atoms with Crippen LogP contribution in [-0.4, -0.2) is 55.1 Å². The van der Waals surface area contributed by atoms with Gasteiger partial charge in [0.05, 0.1) is 24.3 Å². The second-order valence-electron chi connectivity index (χ2n) is 9.70. The molecule has 9 nitrogen and oxygen atoms in total. The number of carbonyl (C=O) groups excluding carboxylic acids is 4. The predicted octanol–water partition coefficient (Wildman–Crippen LogP) is 7.16. The lowest BCUT2D eigenvalue weighted by molar-refractivity contribution is -0.155. The third-order valence-electron chi connectivity index (χ3n) is 6.56. The van der Waals surface area contributed by atoms with Gasteiger partial charge in [0.1, 0.15) is 17.7 Å². The normalized spacial score (nSPS) is 11.6. The lowest BCUT2D eigenvalue weighted by atomic mass is 10.1. The Morgan fingerprint density at radius 3 is 1.60 bits per heavy atom. The molecule has 47 heavy (non-hydrogen) atoms. The van der Waals surface area contributed by atoms with E-state index >= 15 is 0 Å². The molecule has 4 aromatic rings. The van der Waals surface area contributed by atoms with E-state index in [4.69, 9.17) is 32.8 Å². The van der Waals surface area contributed by atoms with Gasteiger partial charge in [0, 0.05) is 22.9 Å². The highest BCUT2D eigenvalue weighted by atomic mass is 35.5. The number of anilines is 1. The molecule has 2 atom stereocenters. The maximum absolute atomic E-state index is 13.4. The Labute approximate surface area is 280 Å². The fourth-order valence-corrected chi connectivity index (χ4v) is 4.41. The van der Waals surface area contributed by atoms with Crippen LogP contribution >= 0.6 is 23.2 Å². The molecular weight excluding hydrogens is 657 g/mol. The fourth-order valence-electron chi connectivity index (χ4n) is 4.07. The molecule has 0 aliphatic rings. The van der Waals surface area contributed by atoms with Crippen LogP contribution in [-0.2, 0) is 19.1 Å². The van der Waals surface area contributed by atoms with Crippen molar-refractivity contribution >= 4 is 52.6 Å². The molecule has 0 aliphatic heterocycles. The monoisotopic (exact) mass is 686 g/mol. The second kappa shape index (κ2) is 17.1. The molecule has 4 aromatic carbocycles. The van der Waals surface area contributed by atoms with Crippen LogP contribution in [0.15, 0.2) is 97.1 Å². The van der Waals surface area contributed by atoms with Crippen LogP contribution in [0, 0.1) is 11.6 Å². The molecule has 2 amide bonds. The maximum atomic E-state index is 13.4. The summed E-state index contributed by atoms with van der Waals surface area (Å²) in [5.41, 5.74) is 1.02. The number of benzene rings is 4. The van der Waals surface area contributed by atoms with Crippen LogP contribution in [0.25, 0.3) is 0 Å². The number of amides is 2. The molecule has 246 valence electrons. The molecule has 0 aliphatic carbocycles. The number of hydrogen-bond donors (Lipinski definition) is 0. The summed E-state index contributed by atoms with van der Waals surface area (Å²) in [7, 11) is 2.44. The highest BCUT2D eigenvalue weighted by molar-refractivity contribution is 6.31. The summed E-state index contributed by atoms with van der Waals surface area (Å²) >= 11 is 11.5. The van der Waals surface area contributed by atoms with Gasteiger partial charge in [-0.1, -0.05) is 59.6 Å². The largest absolute Gasteiger partial charge is 0.467 e. The Kier molecular flexibility index (Phi) is 13.2. The summed E-state index contributed by atoms with van der Waals surface area (Å²) in [4.78, 5) is 55.9. The molecule has 4 rings (SSSR count). The van der Waals surface area contributed by atoms with E-state index in [1.54, 1.807) is 60.7 Å². The van der Waals surface area contributed by atoms with Crippen molar-refractivity contribution in [2.45, 2.75) is 25.9 Å². The number of rotatable bonds is 9. The first-order valence-corrected chi connectivity index (χ1v) is 14.7. The Hall–Kier alpha value is -5.00. The highest BCUT2D eigenvalue weighted by Gasteiger charge is 2.31. The summed E-state index contributed by atoms with van der Waals surface area (Å²) < 4.78 is 36.0. The van der Waals surface area contributed by atoms with Crippen LogP contribution in [0.2, 0.25) is 10.0 Å². The van der Waals surface area contributed by atoms with Crippen LogP contribution in [0.3, 0.4) is 0 Å². The van der Waals surface area contributed by atoms with E-state index in [0.717, 1.165) is 17.2 Å². The van der Waals surface area contributed by atoms with E-state index in [2.05, 4.69) is 4.74 Å². The average molecular weight is 688 g/mol. The number of esters is 2. The number of halogens is 4.